The van der Waals surface area contributed by atoms with Crippen LogP contribution in [-0.4, -0.2) is 57.2 Å². The smallest absolute Gasteiger partial charge is 0.191 e. The first kappa shape index (κ1) is 24.9. The number of fused-ring (bicyclic) bond motifs is 1. The quantitative estimate of drug-likeness (QED) is 0.231. The number of nitrogens with zero attached hydrogens (tertiary/aromatic N) is 2. The molecule has 1 unspecified atom stereocenters. The molecule has 0 radical (unpaired) electrons. The Balaban J connectivity index is 0.00000341. The van der Waals surface area contributed by atoms with Crippen molar-refractivity contribution in [2.75, 3.05) is 41.3 Å². The number of hydrogen-bond donors (Lipinski definition) is 3. The van der Waals surface area contributed by atoms with Crippen molar-refractivity contribution in [3.8, 4) is 5.75 Å². The van der Waals surface area contributed by atoms with Crippen molar-refractivity contribution in [1.29, 1.82) is 0 Å². The van der Waals surface area contributed by atoms with Crippen LogP contribution in [-0.2, 0) is 6.42 Å². The van der Waals surface area contributed by atoms with Crippen LogP contribution in [0.5, 0.6) is 5.75 Å². The van der Waals surface area contributed by atoms with Gasteiger partial charge in [-0.15, -0.1) is 24.0 Å². The third-order valence-corrected chi connectivity index (χ3v) is 5.20. The molecule has 0 aliphatic heterocycles. The summed E-state index contributed by atoms with van der Waals surface area (Å²) in [5.41, 5.74) is 3.19. The van der Waals surface area contributed by atoms with Gasteiger partial charge in [-0.05, 0) is 62.0 Å². The monoisotopic (exact) mass is 539 g/mol. The number of halogens is 2. The van der Waals surface area contributed by atoms with Crippen molar-refractivity contribution in [3.05, 3.63) is 65.6 Å². The summed E-state index contributed by atoms with van der Waals surface area (Å²) in [6, 6.07) is 13.1. The molecular formula is C23H31FIN5O. The zero-order chi connectivity index (χ0) is 21.5. The topological polar surface area (TPSA) is 64.7 Å². The number of aromatic amines is 1. The Morgan fingerprint density at radius 2 is 2.00 bits per heavy atom. The Bertz CT molecular complexity index is 1000. The van der Waals surface area contributed by atoms with Crippen LogP contribution in [0.3, 0.4) is 0 Å². The summed E-state index contributed by atoms with van der Waals surface area (Å²) in [5, 5.41) is 7.67. The van der Waals surface area contributed by atoms with Crippen LogP contribution in [0.1, 0.15) is 17.2 Å². The number of likely N-dealkylation sites (N-methyl/N-ethyl adjacent to an activating group) is 1. The number of nitrogens with one attached hydrogen (secondary N) is 3. The third kappa shape index (κ3) is 6.57. The standard InChI is InChI=1S/C23H30FN5O.HI/c1-25-23(26-11-10-17-14-27-21-9-8-18(24)13-20(17)21)28-15-22(29(2)3)16-6-5-7-19(12-16)30-4;/h5-9,12-14,22,27H,10-11,15H2,1-4H3,(H2,25,26,28);1H. The maximum absolute atomic E-state index is 13.6. The van der Waals surface area contributed by atoms with Crippen molar-refractivity contribution in [2.45, 2.75) is 12.5 Å². The molecule has 0 aliphatic carbocycles. The molecule has 0 aliphatic rings. The van der Waals surface area contributed by atoms with Gasteiger partial charge in [0.25, 0.3) is 0 Å². The maximum Gasteiger partial charge on any atom is 0.191 e. The molecule has 0 saturated heterocycles. The number of aromatic nitrogens is 1. The Hall–Kier alpha value is -2.33. The van der Waals surface area contributed by atoms with Crippen molar-refractivity contribution < 1.29 is 9.13 Å². The highest BCUT2D eigenvalue weighted by Crippen LogP contribution is 2.22. The number of rotatable bonds is 8. The molecule has 31 heavy (non-hydrogen) atoms. The zero-order valence-electron chi connectivity index (χ0n) is 18.4. The lowest BCUT2D eigenvalue weighted by Crippen LogP contribution is -2.42. The van der Waals surface area contributed by atoms with Crippen LogP contribution >= 0.6 is 24.0 Å². The van der Waals surface area contributed by atoms with E-state index >= 15 is 0 Å². The van der Waals surface area contributed by atoms with Crippen molar-refractivity contribution in [2.24, 2.45) is 4.99 Å². The average molecular weight is 539 g/mol. The highest BCUT2D eigenvalue weighted by molar-refractivity contribution is 14.0. The first-order valence-corrected chi connectivity index (χ1v) is 10.0. The maximum atomic E-state index is 13.6. The van der Waals surface area contributed by atoms with E-state index in [1.54, 1.807) is 26.3 Å². The fraction of sp³-hybridized carbons (Fsp3) is 0.348. The lowest BCUT2D eigenvalue weighted by Gasteiger charge is -2.26. The van der Waals surface area contributed by atoms with E-state index in [0.29, 0.717) is 13.1 Å². The van der Waals surface area contributed by atoms with Gasteiger partial charge in [0.05, 0.1) is 13.2 Å². The number of hydrogen-bond acceptors (Lipinski definition) is 3. The molecule has 0 saturated carbocycles. The normalized spacial score (nSPS) is 12.5. The molecule has 1 heterocycles. The summed E-state index contributed by atoms with van der Waals surface area (Å²) in [6.07, 6.45) is 2.70. The molecule has 2 aromatic carbocycles. The minimum absolute atomic E-state index is 0. The molecule has 168 valence electrons. The number of benzene rings is 2. The van der Waals surface area contributed by atoms with E-state index in [1.165, 1.54) is 11.6 Å². The predicted molar refractivity (Wildman–Crippen MR) is 136 cm³/mol. The lowest BCUT2D eigenvalue weighted by atomic mass is 10.1. The SMILES string of the molecule is CN=C(NCCc1c[nH]c2ccc(F)cc12)NCC(c1cccc(OC)c1)N(C)C.I. The van der Waals surface area contributed by atoms with Gasteiger partial charge in [-0.3, -0.25) is 4.99 Å². The number of guanidine groups is 1. The van der Waals surface area contributed by atoms with Crippen LogP contribution in [0.2, 0.25) is 0 Å². The molecule has 0 bridgehead atoms. The molecule has 0 amide bonds. The van der Waals surface area contributed by atoms with E-state index in [4.69, 9.17) is 4.74 Å². The van der Waals surface area contributed by atoms with Gasteiger partial charge in [-0.1, -0.05) is 12.1 Å². The van der Waals surface area contributed by atoms with Crippen molar-refractivity contribution in [1.82, 2.24) is 20.5 Å². The number of aliphatic imine (C=N–C) groups is 1. The molecule has 3 N–H and O–H groups in total. The van der Waals surface area contributed by atoms with Gasteiger partial charge in [0.1, 0.15) is 11.6 Å². The van der Waals surface area contributed by atoms with Gasteiger partial charge < -0.3 is 25.3 Å². The second kappa shape index (κ2) is 11.9. The second-order valence-electron chi connectivity index (χ2n) is 7.39. The lowest BCUT2D eigenvalue weighted by molar-refractivity contribution is 0.297. The molecule has 0 fully saturated rings. The van der Waals surface area contributed by atoms with E-state index < -0.39 is 0 Å². The van der Waals surface area contributed by atoms with Gasteiger partial charge in [0.2, 0.25) is 0 Å². The molecular weight excluding hydrogens is 508 g/mol. The van der Waals surface area contributed by atoms with Crippen LogP contribution in [0.25, 0.3) is 10.9 Å². The van der Waals surface area contributed by atoms with E-state index in [0.717, 1.165) is 34.6 Å². The van der Waals surface area contributed by atoms with Crippen LogP contribution in [0.15, 0.2) is 53.7 Å². The first-order chi connectivity index (χ1) is 14.5. The Labute approximate surface area is 200 Å². The number of methoxy groups -OCH3 is 1. The van der Waals surface area contributed by atoms with Gasteiger partial charge in [-0.2, -0.15) is 0 Å². The van der Waals surface area contributed by atoms with E-state index in [9.17, 15) is 4.39 Å². The Kier molecular flexibility index (Phi) is 9.57. The fourth-order valence-corrected chi connectivity index (χ4v) is 3.53. The van der Waals surface area contributed by atoms with Crippen LogP contribution in [0.4, 0.5) is 4.39 Å². The van der Waals surface area contributed by atoms with Crippen LogP contribution in [0, 0.1) is 5.82 Å². The zero-order valence-corrected chi connectivity index (χ0v) is 20.7. The summed E-state index contributed by atoms with van der Waals surface area (Å²) < 4.78 is 18.9. The minimum Gasteiger partial charge on any atom is -0.497 e. The molecule has 1 aromatic heterocycles. The Morgan fingerprint density at radius 1 is 1.19 bits per heavy atom. The summed E-state index contributed by atoms with van der Waals surface area (Å²) in [5.74, 6) is 1.36. The van der Waals surface area contributed by atoms with E-state index in [2.05, 4.69) is 51.7 Å². The van der Waals surface area contributed by atoms with E-state index in [-0.39, 0.29) is 35.8 Å². The third-order valence-electron chi connectivity index (χ3n) is 5.20. The highest BCUT2D eigenvalue weighted by atomic mass is 127. The molecule has 6 nitrogen and oxygen atoms in total. The second-order valence-corrected chi connectivity index (χ2v) is 7.39. The highest BCUT2D eigenvalue weighted by Gasteiger charge is 2.15. The minimum atomic E-state index is -0.221. The number of ether oxygens (including phenoxy) is 1. The van der Waals surface area contributed by atoms with Gasteiger partial charge in [-0.25, -0.2) is 4.39 Å². The molecule has 0 spiro atoms. The first-order valence-electron chi connectivity index (χ1n) is 10.0. The summed E-state index contributed by atoms with van der Waals surface area (Å²) in [7, 11) is 7.54. The average Bonchev–Trinajstić information content (AvgIpc) is 3.14. The van der Waals surface area contributed by atoms with Crippen molar-refractivity contribution in [3.63, 3.8) is 0 Å². The largest absolute Gasteiger partial charge is 0.497 e. The fourth-order valence-electron chi connectivity index (χ4n) is 3.53. The van der Waals surface area contributed by atoms with Gasteiger partial charge in [0, 0.05) is 37.2 Å². The van der Waals surface area contributed by atoms with Gasteiger partial charge >= 0.3 is 0 Å². The predicted octanol–water partition coefficient (Wildman–Crippen LogP) is 3.94. The van der Waals surface area contributed by atoms with Gasteiger partial charge in [0.15, 0.2) is 5.96 Å². The summed E-state index contributed by atoms with van der Waals surface area (Å²) >= 11 is 0. The van der Waals surface area contributed by atoms with Crippen LogP contribution < -0.4 is 15.4 Å². The summed E-state index contributed by atoms with van der Waals surface area (Å²) in [4.78, 5) is 9.68. The van der Waals surface area contributed by atoms with Crippen molar-refractivity contribution >= 4 is 40.8 Å². The molecule has 1 atom stereocenters. The molecule has 3 rings (SSSR count). The molecule has 8 heteroatoms. The van der Waals surface area contributed by atoms with E-state index in [1.807, 2.05) is 18.3 Å². The Morgan fingerprint density at radius 3 is 2.71 bits per heavy atom. The summed E-state index contributed by atoms with van der Waals surface area (Å²) in [6.45, 7) is 1.38. The molecule has 3 aromatic rings. The number of H-pyrrole nitrogens is 1.